The van der Waals surface area contributed by atoms with E-state index >= 15 is 0 Å². The number of hydrogen-bond donors (Lipinski definition) is 1. The molecule has 3 aromatic heterocycles. The molecule has 0 spiro atoms. The molecule has 1 N–H and O–H groups in total. The monoisotopic (exact) mass is 690 g/mol. The number of benzene rings is 1. The SMILES string of the molecule is CN(C)c1ccc2c(n1)n(C1CCN(CC(C)(O)Cn3nc(-c4ccc(C(F)(F)F)cc4)c4c3CCN(S(C)(=O)=O)C4)CC1)c(=O)n2C. The maximum Gasteiger partial charge on any atom is 0.416 e. The van der Waals surface area contributed by atoms with E-state index in [2.05, 4.69) is 4.90 Å². The number of anilines is 1. The van der Waals surface area contributed by atoms with Crippen molar-refractivity contribution in [3.63, 3.8) is 0 Å². The highest BCUT2D eigenvalue weighted by Gasteiger charge is 2.35. The second-order valence-electron chi connectivity index (χ2n) is 13.5. The Labute approximate surface area is 277 Å². The van der Waals surface area contributed by atoms with Crippen LogP contribution in [0.5, 0.6) is 0 Å². The van der Waals surface area contributed by atoms with Crippen molar-refractivity contribution in [3.8, 4) is 11.3 Å². The van der Waals surface area contributed by atoms with Crippen molar-refractivity contribution in [1.29, 1.82) is 0 Å². The molecule has 2 aliphatic rings. The Hall–Kier alpha value is -3.73. The first-order valence-electron chi connectivity index (χ1n) is 15.8. The second kappa shape index (κ2) is 12.3. The van der Waals surface area contributed by atoms with Crippen LogP contribution in [0.15, 0.2) is 41.2 Å². The van der Waals surface area contributed by atoms with Gasteiger partial charge < -0.3 is 14.9 Å². The van der Waals surface area contributed by atoms with Gasteiger partial charge in [0.25, 0.3) is 0 Å². The minimum Gasteiger partial charge on any atom is -0.387 e. The molecule has 1 fully saturated rings. The topological polar surface area (TPSA) is 122 Å². The largest absolute Gasteiger partial charge is 0.416 e. The number of sulfonamides is 1. The summed E-state index contributed by atoms with van der Waals surface area (Å²) in [5.74, 6) is 0.765. The molecule has 1 saturated heterocycles. The summed E-state index contributed by atoms with van der Waals surface area (Å²) in [6.07, 6.45) is -1.63. The zero-order valence-corrected chi connectivity index (χ0v) is 28.5. The zero-order chi connectivity index (χ0) is 34.8. The Morgan fingerprint density at radius 1 is 1.02 bits per heavy atom. The van der Waals surface area contributed by atoms with Gasteiger partial charge in [0, 0.05) is 83.2 Å². The number of nitrogens with zero attached hydrogens (tertiary/aromatic N) is 8. The molecule has 0 bridgehead atoms. The Balaban J connectivity index is 1.20. The molecule has 16 heteroatoms. The first-order chi connectivity index (χ1) is 22.4. The standard InChI is InChI=1S/C32H41F3N8O4S/c1-31(45,19-40-15-12-23(13-16-40)43-29-26(39(4)30(43)44)10-11-27(36-29)38(2)3)20-42-25-14-17-41(48(5,46)47)18-24(25)28(37-42)21-6-8-22(9-7-21)32(33,34)35/h6-11,23,45H,12-20H2,1-5H3. The van der Waals surface area contributed by atoms with Crippen molar-refractivity contribution in [3.05, 3.63) is 63.7 Å². The maximum absolute atomic E-state index is 13.3. The van der Waals surface area contributed by atoms with E-state index in [0.29, 0.717) is 61.4 Å². The zero-order valence-electron chi connectivity index (χ0n) is 27.7. The average molecular weight is 691 g/mol. The van der Waals surface area contributed by atoms with Gasteiger partial charge in [0.05, 0.1) is 35.2 Å². The minimum atomic E-state index is -4.49. The molecule has 0 saturated carbocycles. The van der Waals surface area contributed by atoms with Crippen LogP contribution in [-0.4, -0.2) is 98.8 Å². The fourth-order valence-corrected chi connectivity index (χ4v) is 7.71. The summed E-state index contributed by atoms with van der Waals surface area (Å²) in [6.45, 7) is 3.72. The van der Waals surface area contributed by atoms with E-state index in [1.54, 1.807) is 27.8 Å². The van der Waals surface area contributed by atoms with Crippen molar-refractivity contribution < 1.29 is 26.7 Å². The van der Waals surface area contributed by atoms with Crippen molar-refractivity contribution in [1.82, 2.24) is 33.1 Å². The molecule has 12 nitrogen and oxygen atoms in total. The molecular formula is C32H41F3N8O4S. The summed E-state index contributed by atoms with van der Waals surface area (Å²) in [4.78, 5) is 22.1. The van der Waals surface area contributed by atoms with Crippen LogP contribution in [0.4, 0.5) is 19.0 Å². The fourth-order valence-electron chi connectivity index (χ4n) is 6.92. The number of rotatable bonds is 8. The molecule has 6 rings (SSSR count). The third kappa shape index (κ3) is 6.62. The van der Waals surface area contributed by atoms with E-state index < -0.39 is 27.4 Å². The van der Waals surface area contributed by atoms with E-state index in [-0.39, 0.29) is 31.4 Å². The molecule has 0 aliphatic carbocycles. The predicted molar refractivity (Wildman–Crippen MR) is 176 cm³/mol. The van der Waals surface area contributed by atoms with Gasteiger partial charge in [0.1, 0.15) is 5.82 Å². The van der Waals surface area contributed by atoms with Gasteiger partial charge in [-0.3, -0.25) is 13.8 Å². The number of pyridine rings is 1. The fraction of sp³-hybridized carbons (Fsp3) is 0.531. The number of aliphatic hydroxyl groups is 1. The quantitative estimate of drug-likeness (QED) is 0.300. The van der Waals surface area contributed by atoms with Crippen LogP contribution < -0.4 is 10.6 Å². The smallest absolute Gasteiger partial charge is 0.387 e. The number of piperidine rings is 1. The van der Waals surface area contributed by atoms with Gasteiger partial charge in [-0.15, -0.1) is 0 Å². The van der Waals surface area contributed by atoms with Gasteiger partial charge in [-0.2, -0.15) is 22.6 Å². The number of fused-ring (bicyclic) bond motifs is 2. The lowest BCUT2D eigenvalue weighted by atomic mass is 9.99. The first-order valence-corrected chi connectivity index (χ1v) is 17.7. The Bertz CT molecular complexity index is 1990. The van der Waals surface area contributed by atoms with Crippen LogP contribution in [0.25, 0.3) is 22.4 Å². The predicted octanol–water partition coefficient (Wildman–Crippen LogP) is 3.09. The van der Waals surface area contributed by atoms with Crippen molar-refractivity contribution in [2.45, 2.75) is 57.1 Å². The Kier molecular flexibility index (Phi) is 8.75. The number of imidazole rings is 1. The van der Waals surface area contributed by atoms with Crippen molar-refractivity contribution in [2.75, 3.05) is 51.4 Å². The van der Waals surface area contributed by atoms with Crippen LogP contribution >= 0.6 is 0 Å². The Morgan fingerprint density at radius 2 is 1.69 bits per heavy atom. The van der Waals surface area contributed by atoms with Gasteiger partial charge in [-0.25, -0.2) is 18.2 Å². The summed E-state index contributed by atoms with van der Waals surface area (Å²) in [5.41, 5.74) is 1.50. The van der Waals surface area contributed by atoms with Gasteiger partial charge in [0.15, 0.2) is 5.65 Å². The van der Waals surface area contributed by atoms with E-state index in [1.807, 2.05) is 31.1 Å². The van der Waals surface area contributed by atoms with Crippen molar-refractivity contribution in [2.24, 2.45) is 7.05 Å². The molecule has 1 unspecified atom stereocenters. The third-order valence-corrected chi connectivity index (χ3v) is 10.7. The number of aryl methyl sites for hydroxylation is 1. The number of aromatic nitrogens is 5. The number of likely N-dealkylation sites (tertiary alicyclic amines) is 1. The van der Waals surface area contributed by atoms with Crippen LogP contribution in [0.1, 0.15) is 42.6 Å². The van der Waals surface area contributed by atoms with E-state index in [0.717, 1.165) is 35.4 Å². The molecule has 0 amide bonds. The van der Waals surface area contributed by atoms with Gasteiger partial charge in [0.2, 0.25) is 10.0 Å². The van der Waals surface area contributed by atoms with E-state index in [9.17, 15) is 31.5 Å². The van der Waals surface area contributed by atoms with Crippen LogP contribution in [0.2, 0.25) is 0 Å². The molecule has 260 valence electrons. The summed E-state index contributed by atoms with van der Waals surface area (Å²) in [7, 11) is 2.04. The summed E-state index contributed by atoms with van der Waals surface area (Å²) in [5, 5.41) is 16.4. The lowest BCUT2D eigenvalue weighted by Crippen LogP contribution is -2.47. The number of halogens is 3. The molecule has 1 atom stereocenters. The highest BCUT2D eigenvalue weighted by Crippen LogP contribution is 2.35. The molecule has 48 heavy (non-hydrogen) atoms. The number of alkyl halides is 3. The van der Waals surface area contributed by atoms with Gasteiger partial charge in [-0.1, -0.05) is 12.1 Å². The van der Waals surface area contributed by atoms with Gasteiger partial charge >= 0.3 is 11.9 Å². The van der Waals surface area contributed by atoms with Crippen LogP contribution in [0, 0.1) is 0 Å². The minimum absolute atomic E-state index is 0.0403. The lowest BCUT2D eigenvalue weighted by molar-refractivity contribution is -0.137. The highest BCUT2D eigenvalue weighted by molar-refractivity contribution is 7.88. The maximum atomic E-state index is 13.3. The summed E-state index contributed by atoms with van der Waals surface area (Å²) < 4.78 is 70.9. The van der Waals surface area contributed by atoms with Crippen molar-refractivity contribution >= 4 is 27.0 Å². The molecule has 5 heterocycles. The second-order valence-corrected chi connectivity index (χ2v) is 15.5. The number of hydrogen-bond acceptors (Lipinski definition) is 8. The molecule has 0 radical (unpaired) electrons. The molecule has 2 aliphatic heterocycles. The van der Waals surface area contributed by atoms with Crippen LogP contribution in [-0.2, 0) is 42.8 Å². The average Bonchev–Trinajstić information content (AvgIpc) is 3.49. The molecule has 1 aromatic carbocycles. The molecular weight excluding hydrogens is 649 g/mol. The van der Waals surface area contributed by atoms with E-state index in [4.69, 9.17) is 10.1 Å². The first kappa shape index (κ1) is 34.1. The Morgan fingerprint density at radius 3 is 2.29 bits per heavy atom. The van der Waals surface area contributed by atoms with E-state index in [1.165, 1.54) is 16.4 Å². The third-order valence-electron chi connectivity index (χ3n) is 9.41. The number of β-amino-alcohol motifs (C(OH)–C–C–N with tert-alkyl or cyclic N) is 1. The summed E-state index contributed by atoms with van der Waals surface area (Å²) >= 11 is 0. The lowest BCUT2D eigenvalue weighted by Gasteiger charge is -2.37. The van der Waals surface area contributed by atoms with Crippen LogP contribution in [0.3, 0.4) is 0 Å². The molecule has 4 aromatic rings. The highest BCUT2D eigenvalue weighted by atomic mass is 32.2. The van der Waals surface area contributed by atoms with Gasteiger partial charge in [-0.05, 0) is 44.0 Å². The normalized spacial score (nSPS) is 18.3. The summed E-state index contributed by atoms with van der Waals surface area (Å²) in [6, 6.07) is 8.42.